The fourth-order valence-corrected chi connectivity index (χ4v) is 4.94. The van der Waals surface area contributed by atoms with Gasteiger partial charge in [-0.05, 0) is 18.6 Å². The number of H-pyrrole nitrogens is 1. The van der Waals surface area contributed by atoms with Crippen LogP contribution in [-0.4, -0.2) is 29.8 Å². The lowest BCUT2D eigenvalue weighted by Gasteiger charge is -2.23. The van der Waals surface area contributed by atoms with E-state index >= 15 is 0 Å². The molecule has 0 saturated heterocycles. The topological polar surface area (TPSA) is 93.1 Å². The molecular weight excluding hydrogens is 373 g/mol. The van der Waals surface area contributed by atoms with Gasteiger partial charge in [-0.2, -0.15) is 13.2 Å². The molecule has 0 unspecified atom stereocenters. The third-order valence-electron chi connectivity index (χ3n) is 4.06. The number of sulfone groups is 1. The minimum atomic E-state index is -4.87. The predicted octanol–water partition coefficient (Wildman–Crippen LogP) is 4.20. The van der Waals surface area contributed by atoms with Gasteiger partial charge in [0.05, 0.1) is 10.7 Å². The second-order valence-electron chi connectivity index (χ2n) is 6.87. The van der Waals surface area contributed by atoms with Gasteiger partial charge in [0, 0.05) is 33.8 Å². The molecule has 0 atom stereocenters. The number of halogens is 3. The van der Waals surface area contributed by atoms with E-state index in [1.807, 2.05) is 0 Å². The van der Waals surface area contributed by atoms with Crippen LogP contribution >= 0.6 is 0 Å². The zero-order valence-corrected chi connectivity index (χ0v) is 15.3. The van der Waals surface area contributed by atoms with Gasteiger partial charge in [0.2, 0.25) is 0 Å². The van der Waals surface area contributed by atoms with E-state index in [2.05, 4.69) is 4.98 Å². The predicted molar refractivity (Wildman–Crippen MR) is 91.9 cm³/mol. The van der Waals surface area contributed by atoms with Gasteiger partial charge >= 0.3 is 6.18 Å². The normalized spacial score (nSPS) is 13.3. The molecule has 0 aliphatic carbocycles. The summed E-state index contributed by atoms with van der Waals surface area (Å²) >= 11 is 0. The van der Waals surface area contributed by atoms with Crippen molar-refractivity contribution < 1.29 is 26.5 Å². The highest BCUT2D eigenvalue weighted by atomic mass is 32.2. The monoisotopic (exact) mass is 392 g/mol. The van der Waals surface area contributed by atoms with Crippen LogP contribution < -0.4 is 0 Å². The molecule has 1 aromatic heterocycles. The van der Waals surface area contributed by atoms with Crippen molar-refractivity contribution >= 4 is 26.4 Å². The average Bonchev–Trinajstić information content (AvgIpc) is 2.87. The molecule has 10 heteroatoms. The summed E-state index contributed by atoms with van der Waals surface area (Å²) in [6, 6.07) is 3.01. The van der Waals surface area contributed by atoms with Gasteiger partial charge in [-0.1, -0.05) is 20.8 Å². The van der Waals surface area contributed by atoms with Crippen LogP contribution in [0.2, 0.25) is 0 Å². The van der Waals surface area contributed by atoms with E-state index in [-0.39, 0.29) is 22.4 Å². The molecule has 2 aromatic rings. The van der Waals surface area contributed by atoms with Gasteiger partial charge in [-0.25, -0.2) is 8.42 Å². The fraction of sp³-hybridized carbons (Fsp3) is 0.500. The van der Waals surface area contributed by atoms with Crippen molar-refractivity contribution in [2.24, 2.45) is 0 Å². The number of nitrogens with zero attached hydrogens (tertiary/aromatic N) is 1. The van der Waals surface area contributed by atoms with Crippen molar-refractivity contribution in [3.63, 3.8) is 0 Å². The first-order valence-electron chi connectivity index (χ1n) is 7.86. The summed E-state index contributed by atoms with van der Waals surface area (Å²) < 4.78 is 63.5. The molecule has 1 heterocycles. The maximum Gasteiger partial charge on any atom is 0.423 e. The highest BCUT2D eigenvalue weighted by Crippen LogP contribution is 2.39. The summed E-state index contributed by atoms with van der Waals surface area (Å²) in [5.74, 6) is -0.171. The molecule has 0 fully saturated rings. The smallest absolute Gasteiger partial charge is 0.358 e. The first-order chi connectivity index (χ1) is 11.8. The van der Waals surface area contributed by atoms with Gasteiger partial charge in [0.1, 0.15) is 5.56 Å². The summed E-state index contributed by atoms with van der Waals surface area (Å²) in [5, 5.41) is 11.2. The number of nitrogens with one attached hydrogen (secondary N) is 1. The Hall–Kier alpha value is -2.10. The highest BCUT2D eigenvalue weighted by Gasteiger charge is 2.39. The van der Waals surface area contributed by atoms with E-state index in [1.54, 1.807) is 20.8 Å². The first kappa shape index (κ1) is 20.2. The van der Waals surface area contributed by atoms with Crippen molar-refractivity contribution in [3.05, 3.63) is 39.6 Å². The number of aromatic nitrogens is 1. The largest absolute Gasteiger partial charge is 0.423 e. The van der Waals surface area contributed by atoms with Crippen LogP contribution in [0.5, 0.6) is 0 Å². The molecular formula is C16H19F3N2O4S. The Morgan fingerprint density at radius 3 is 2.31 bits per heavy atom. The summed E-state index contributed by atoms with van der Waals surface area (Å²) in [4.78, 5) is 12.7. The molecule has 26 heavy (non-hydrogen) atoms. The van der Waals surface area contributed by atoms with Crippen molar-refractivity contribution in [1.82, 2.24) is 4.98 Å². The number of benzene rings is 1. The number of alkyl halides is 3. The van der Waals surface area contributed by atoms with Crippen molar-refractivity contribution in [1.29, 1.82) is 0 Å². The summed E-state index contributed by atoms with van der Waals surface area (Å²) in [6.07, 6.45) is -4.41. The summed E-state index contributed by atoms with van der Waals surface area (Å²) in [6.45, 7) is 5.05. The Morgan fingerprint density at radius 2 is 1.81 bits per heavy atom. The molecule has 144 valence electrons. The Morgan fingerprint density at radius 1 is 1.19 bits per heavy atom. The lowest BCUT2D eigenvalue weighted by atomic mass is 9.92. The van der Waals surface area contributed by atoms with Gasteiger partial charge in [0.15, 0.2) is 9.84 Å². The Kier molecular flexibility index (Phi) is 5.10. The van der Waals surface area contributed by atoms with Gasteiger partial charge in [0.25, 0.3) is 5.69 Å². The molecule has 6 nitrogen and oxygen atoms in total. The van der Waals surface area contributed by atoms with Crippen molar-refractivity contribution in [2.75, 3.05) is 11.5 Å². The Bertz CT molecular complexity index is 946. The van der Waals surface area contributed by atoms with E-state index in [1.165, 1.54) is 6.07 Å². The van der Waals surface area contributed by atoms with Crippen molar-refractivity contribution in [2.45, 2.75) is 38.8 Å². The number of nitro groups is 1. The van der Waals surface area contributed by atoms with E-state index in [0.717, 1.165) is 6.07 Å². The maximum atomic E-state index is 13.1. The number of nitro benzene ring substituents is 1. The molecule has 0 bridgehead atoms. The molecule has 2 rings (SSSR count). The zero-order valence-electron chi connectivity index (χ0n) is 14.5. The molecule has 0 radical (unpaired) electrons. The van der Waals surface area contributed by atoms with Gasteiger partial charge in [-0.15, -0.1) is 0 Å². The fourth-order valence-electron chi connectivity index (χ4n) is 2.92. The SMILES string of the molecule is CCCS(=O)(=O)CC(C)(C)c1cc2cc([N+](=O)[O-])c(C(F)(F)F)cc2[nH]1. The molecule has 1 N–H and O–H groups in total. The van der Waals surface area contributed by atoms with Crippen LogP contribution in [0.3, 0.4) is 0 Å². The van der Waals surface area contributed by atoms with Crippen LogP contribution in [0.4, 0.5) is 18.9 Å². The molecule has 0 amide bonds. The number of hydrogen-bond donors (Lipinski definition) is 1. The van der Waals surface area contributed by atoms with E-state index in [9.17, 15) is 31.7 Å². The average molecular weight is 392 g/mol. The molecule has 0 aliphatic rings. The minimum Gasteiger partial charge on any atom is -0.358 e. The highest BCUT2D eigenvalue weighted by molar-refractivity contribution is 7.91. The number of hydrogen-bond acceptors (Lipinski definition) is 4. The molecule has 1 aromatic carbocycles. The molecule has 0 spiro atoms. The quantitative estimate of drug-likeness (QED) is 0.589. The maximum absolute atomic E-state index is 13.1. The Balaban J connectivity index is 2.57. The first-order valence-corrected chi connectivity index (χ1v) is 9.68. The third-order valence-corrected chi connectivity index (χ3v) is 6.26. The van der Waals surface area contributed by atoms with E-state index in [4.69, 9.17) is 0 Å². The Labute approximate surface area is 148 Å². The lowest BCUT2D eigenvalue weighted by Crippen LogP contribution is -2.30. The lowest BCUT2D eigenvalue weighted by molar-refractivity contribution is -0.387. The second-order valence-corrected chi connectivity index (χ2v) is 9.05. The third kappa shape index (κ3) is 4.17. The number of fused-ring (bicyclic) bond motifs is 1. The van der Waals surface area contributed by atoms with Crippen LogP contribution in [0.25, 0.3) is 10.9 Å². The van der Waals surface area contributed by atoms with E-state index < -0.39 is 37.6 Å². The van der Waals surface area contributed by atoms with Crippen LogP contribution in [0.1, 0.15) is 38.4 Å². The number of rotatable bonds is 6. The van der Waals surface area contributed by atoms with E-state index in [0.29, 0.717) is 18.2 Å². The standard InChI is InChI=1S/C16H19F3N2O4S/c1-4-5-26(24,25)9-15(2,3)14-7-10-6-13(21(22)23)11(16(17,18)19)8-12(10)20-14/h6-8,20H,4-5,9H2,1-3H3. The second kappa shape index (κ2) is 6.57. The minimum absolute atomic E-state index is 0.0142. The summed E-state index contributed by atoms with van der Waals surface area (Å²) in [7, 11) is -3.34. The van der Waals surface area contributed by atoms with Crippen LogP contribution in [0, 0.1) is 10.1 Å². The van der Waals surface area contributed by atoms with Crippen LogP contribution in [-0.2, 0) is 21.4 Å². The number of aromatic amines is 1. The van der Waals surface area contributed by atoms with Gasteiger partial charge in [-0.3, -0.25) is 10.1 Å². The summed E-state index contributed by atoms with van der Waals surface area (Å²) in [5.41, 5.74) is -2.80. The molecule has 0 saturated carbocycles. The van der Waals surface area contributed by atoms with Crippen LogP contribution in [0.15, 0.2) is 18.2 Å². The zero-order chi connectivity index (χ0) is 19.9. The molecule has 0 aliphatic heterocycles. The van der Waals surface area contributed by atoms with Gasteiger partial charge < -0.3 is 4.98 Å². The van der Waals surface area contributed by atoms with Crippen molar-refractivity contribution in [3.8, 4) is 0 Å².